The summed E-state index contributed by atoms with van der Waals surface area (Å²) in [5.41, 5.74) is 1.57. The summed E-state index contributed by atoms with van der Waals surface area (Å²) in [6.07, 6.45) is 3.30. The molecule has 7 nitrogen and oxygen atoms in total. The Morgan fingerprint density at radius 2 is 1.48 bits per heavy atom. The van der Waals surface area contributed by atoms with Gasteiger partial charge in [-0.2, -0.15) is 4.57 Å². The molecule has 0 bridgehead atoms. The van der Waals surface area contributed by atoms with Gasteiger partial charge in [0, 0.05) is 11.8 Å². The summed E-state index contributed by atoms with van der Waals surface area (Å²) in [6.45, 7) is 0.317. The first kappa shape index (κ1) is 23.6. The topological polar surface area (TPSA) is 88.4 Å². The highest BCUT2D eigenvalue weighted by atomic mass is 35.5. The summed E-state index contributed by atoms with van der Waals surface area (Å²) in [7, 11) is 0. The van der Waals surface area contributed by atoms with Gasteiger partial charge in [-0.15, -0.1) is 0 Å². The zero-order chi connectivity index (χ0) is 21.2. The van der Waals surface area contributed by atoms with E-state index < -0.39 is 5.97 Å². The van der Waals surface area contributed by atoms with Gasteiger partial charge in [0.15, 0.2) is 12.4 Å². The van der Waals surface area contributed by atoms with Crippen LogP contribution in [0.4, 0.5) is 5.69 Å². The van der Waals surface area contributed by atoms with E-state index >= 15 is 0 Å². The maximum atomic E-state index is 12.3. The van der Waals surface area contributed by atoms with E-state index in [1.165, 1.54) is 0 Å². The molecular weight excluding hydrogens is 418 g/mol. The quantitative estimate of drug-likeness (QED) is 0.273. The number of carbonyl (C=O) groups is 3. The third-order valence-corrected chi connectivity index (χ3v) is 4.13. The summed E-state index contributed by atoms with van der Waals surface area (Å²) < 4.78 is 6.76. The predicted molar refractivity (Wildman–Crippen MR) is 111 cm³/mol. The van der Waals surface area contributed by atoms with E-state index in [0.717, 1.165) is 0 Å². The number of nitrogens with one attached hydrogen (secondary N) is 2. The molecule has 0 saturated heterocycles. The first-order valence-corrected chi connectivity index (χ1v) is 9.46. The zero-order valence-electron chi connectivity index (χ0n) is 16.7. The SMILES string of the molecule is O=C(C[n+]1cccc(C(=O)NCCOC(=O)c2ccccc2)c1)Nc1ccccc1.[Cl-]. The molecule has 0 atom stereocenters. The molecule has 3 aromatic rings. The fraction of sp³-hybridized carbons (Fsp3) is 0.130. The van der Waals surface area contributed by atoms with Gasteiger partial charge in [-0.25, -0.2) is 4.79 Å². The number of ether oxygens (including phenoxy) is 1. The number of halogens is 1. The van der Waals surface area contributed by atoms with Gasteiger partial charge in [0.1, 0.15) is 12.2 Å². The van der Waals surface area contributed by atoms with Crippen LogP contribution in [0.3, 0.4) is 0 Å². The summed E-state index contributed by atoms with van der Waals surface area (Å²) in [6, 6.07) is 21.1. The highest BCUT2D eigenvalue weighted by Gasteiger charge is 2.14. The maximum Gasteiger partial charge on any atom is 0.338 e. The maximum absolute atomic E-state index is 12.3. The Morgan fingerprint density at radius 3 is 2.19 bits per heavy atom. The van der Waals surface area contributed by atoms with Gasteiger partial charge in [0.25, 0.3) is 11.8 Å². The Morgan fingerprint density at radius 1 is 0.839 bits per heavy atom. The lowest BCUT2D eigenvalue weighted by Crippen LogP contribution is -3.00. The smallest absolute Gasteiger partial charge is 0.338 e. The summed E-state index contributed by atoms with van der Waals surface area (Å²) in [4.78, 5) is 36.4. The van der Waals surface area contributed by atoms with Crippen LogP contribution in [0.1, 0.15) is 20.7 Å². The van der Waals surface area contributed by atoms with Crippen LogP contribution in [-0.4, -0.2) is 30.9 Å². The molecule has 1 aromatic heterocycles. The van der Waals surface area contributed by atoms with E-state index in [-0.39, 0.29) is 43.9 Å². The van der Waals surface area contributed by atoms with E-state index in [2.05, 4.69) is 10.6 Å². The van der Waals surface area contributed by atoms with E-state index in [1.54, 1.807) is 65.5 Å². The Balaban J connectivity index is 0.00000341. The van der Waals surface area contributed by atoms with Crippen LogP contribution in [0.2, 0.25) is 0 Å². The number of esters is 1. The zero-order valence-corrected chi connectivity index (χ0v) is 17.4. The number of amides is 2. The highest BCUT2D eigenvalue weighted by molar-refractivity contribution is 5.94. The van der Waals surface area contributed by atoms with Gasteiger partial charge in [-0.1, -0.05) is 36.4 Å². The van der Waals surface area contributed by atoms with Crippen molar-refractivity contribution in [1.82, 2.24) is 5.32 Å². The summed E-state index contributed by atoms with van der Waals surface area (Å²) >= 11 is 0. The number of benzene rings is 2. The van der Waals surface area contributed by atoms with E-state index in [9.17, 15) is 14.4 Å². The molecule has 2 N–H and O–H groups in total. The largest absolute Gasteiger partial charge is 1.00 e. The van der Waals surface area contributed by atoms with Crippen LogP contribution in [-0.2, 0) is 16.1 Å². The molecule has 0 aliphatic heterocycles. The standard InChI is InChI=1S/C23H21N3O4.ClH/c27-21(25-20-11-5-2-6-12-20)17-26-14-7-10-19(16-26)22(28)24-13-15-30-23(29)18-8-3-1-4-9-18;/h1-12,14,16H,13,15,17H2,(H-,24,25,27,28);1H. The predicted octanol–water partition coefficient (Wildman–Crippen LogP) is -0.796. The minimum absolute atomic E-state index is 0. The first-order valence-electron chi connectivity index (χ1n) is 9.46. The Hall–Kier alpha value is -3.71. The average Bonchev–Trinajstić information content (AvgIpc) is 2.77. The van der Waals surface area contributed by atoms with Crippen molar-refractivity contribution in [2.24, 2.45) is 0 Å². The fourth-order valence-electron chi connectivity index (χ4n) is 2.71. The van der Waals surface area contributed by atoms with E-state index in [1.807, 2.05) is 24.3 Å². The van der Waals surface area contributed by atoms with Crippen LogP contribution >= 0.6 is 0 Å². The molecule has 0 radical (unpaired) electrons. The van der Waals surface area contributed by atoms with Crippen LogP contribution in [0, 0.1) is 0 Å². The molecule has 0 aliphatic rings. The van der Waals surface area contributed by atoms with Crippen molar-refractivity contribution in [2.45, 2.75) is 6.54 Å². The van der Waals surface area contributed by atoms with Gasteiger partial charge in [-0.3, -0.25) is 9.59 Å². The van der Waals surface area contributed by atoms with E-state index in [4.69, 9.17) is 4.74 Å². The molecule has 3 rings (SSSR count). The number of hydrogen-bond acceptors (Lipinski definition) is 4. The number of para-hydroxylation sites is 1. The molecule has 2 amide bonds. The number of aromatic nitrogens is 1. The van der Waals surface area contributed by atoms with Gasteiger partial charge in [-0.05, 0) is 30.3 Å². The molecule has 160 valence electrons. The molecule has 0 saturated carbocycles. The lowest BCUT2D eigenvalue weighted by Gasteiger charge is -2.07. The number of carbonyl (C=O) groups excluding carboxylic acids is 3. The minimum Gasteiger partial charge on any atom is -1.00 e. The molecule has 8 heteroatoms. The lowest BCUT2D eigenvalue weighted by molar-refractivity contribution is -0.684. The van der Waals surface area contributed by atoms with Crippen molar-refractivity contribution in [2.75, 3.05) is 18.5 Å². The molecule has 1 heterocycles. The van der Waals surface area contributed by atoms with Crippen LogP contribution in [0.25, 0.3) is 0 Å². The Bertz CT molecular complexity index is 1010. The minimum atomic E-state index is -0.438. The monoisotopic (exact) mass is 439 g/mol. The second-order valence-corrected chi connectivity index (χ2v) is 6.44. The molecule has 0 fully saturated rings. The van der Waals surface area contributed by atoms with Crippen molar-refractivity contribution in [3.8, 4) is 0 Å². The normalized spacial score (nSPS) is 9.81. The number of pyridine rings is 1. The van der Waals surface area contributed by atoms with Crippen molar-refractivity contribution in [3.05, 3.63) is 96.3 Å². The third-order valence-electron chi connectivity index (χ3n) is 4.13. The highest BCUT2D eigenvalue weighted by Crippen LogP contribution is 2.04. The lowest BCUT2D eigenvalue weighted by atomic mass is 10.2. The van der Waals surface area contributed by atoms with Crippen molar-refractivity contribution < 1.29 is 36.1 Å². The van der Waals surface area contributed by atoms with Gasteiger partial charge < -0.3 is 27.8 Å². The molecule has 31 heavy (non-hydrogen) atoms. The van der Waals surface area contributed by atoms with Crippen LogP contribution in [0.5, 0.6) is 0 Å². The number of rotatable bonds is 8. The summed E-state index contributed by atoms with van der Waals surface area (Å²) in [5, 5.41) is 5.49. The first-order chi connectivity index (χ1) is 14.6. The Labute approximate surface area is 186 Å². The molecule has 0 unspecified atom stereocenters. The van der Waals surface area contributed by atoms with Gasteiger partial charge in [0.2, 0.25) is 6.54 Å². The number of hydrogen-bond donors (Lipinski definition) is 2. The van der Waals surface area contributed by atoms with Gasteiger partial charge in [0.05, 0.1) is 12.1 Å². The average molecular weight is 440 g/mol. The summed E-state index contributed by atoms with van der Waals surface area (Å²) in [5.74, 6) is -0.952. The molecule has 0 aliphatic carbocycles. The fourth-order valence-corrected chi connectivity index (χ4v) is 2.71. The van der Waals surface area contributed by atoms with Crippen molar-refractivity contribution in [1.29, 1.82) is 0 Å². The third kappa shape index (κ3) is 7.56. The number of nitrogens with zero attached hydrogens (tertiary/aromatic N) is 1. The van der Waals surface area contributed by atoms with E-state index in [0.29, 0.717) is 16.8 Å². The second kappa shape index (κ2) is 12.1. The Kier molecular flexibility index (Phi) is 9.19. The van der Waals surface area contributed by atoms with Crippen LogP contribution in [0.15, 0.2) is 85.2 Å². The second-order valence-electron chi connectivity index (χ2n) is 6.44. The van der Waals surface area contributed by atoms with Crippen LogP contribution < -0.4 is 27.6 Å². The van der Waals surface area contributed by atoms with Gasteiger partial charge >= 0.3 is 5.97 Å². The molecular formula is C23H22ClN3O4. The van der Waals surface area contributed by atoms with Crippen molar-refractivity contribution in [3.63, 3.8) is 0 Å². The molecule has 0 spiro atoms. The molecule has 2 aromatic carbocycles. The van der Waals surface area contributed by atoms with Crippen molar-refractivity contribution >= 4 is 23.5 Å². The number of anilines is 1.